The molecule has 5 heteroatoms. The quantitative estimate of drug-likeness (QED) is 0.895. The Bertz CT molecular complexity index is 516. The van der Waals surface area contributed by atoms with Crippen molar-refractivity contribution < 1.29 is 14.7 Å². The smallest absolute Gasteiger partial charge is 0.321 e. The normalized spacial score (nSPS) is 18.3. The number of carbonyl (C=O) groups is 2. The zero-order valence-electron chi connectivity index (χ0n) is 12.3. The summed E-state index contributed by atoms with van der Waals surface area (Å²) in [7, 11) is 0. The fraction of sp³-hybridized carbons (Fsp3) is 0.500. The number of amides is 2. The third kappa shape index (κ3) is 3.97. The van der Waals surface area contributed by atoms with Gasteiger partial charge in [-0.3, -0.25) is 4.79 Å². The number of carboxylic acids is 1. The Morgan fingerprint density at radius 1 is 1.38 bits per heavy atom. The molecule has 0 radical (unpaired) electrons. The fourth-order valence-corrected chi connectivity index (χ4v) is 2.69. The highest BCUT2D eigenvalue weighted by Gasteiger charge is 2.28. The van der Waals surface area contributed by atoms with Gasteiger partial charge >= 0.3 is 12.0 Å². The van der Waals surface area contributed by atoms with Gasteiger partial charge in [0.15, 0.2) is 0 Å². The number of para-hydroxylation sites is 1. The molecule has 0 aromatic heterocycles. The number of hydrogen-bond donors (Lipinski definition) is 2. The van der Waals surface area contributed by atoms with Crippen LogP contribution in [0.1, 0.15) is 31.7 Å². The van der Waals surface area contributed by atoms with E-state index in [1.54, 1.807) is 4.90 Å². The minimum Gasteiger partial charge on any atom is -0.481 e. The number of carboxylic acid groups (broad SMARTS) is 1. The van der Waals surface area contributed by atoms with Crippen LogP contribution >= 0.6 is 0 Å². The molecule has 114 valence electrons. The van der Waals surface area contributed by atoms with Crippen LogP contribution in [0.2, 0.25) is 0 Å². The number of urea groups is 1. The van der Waals surface area contributed by atoms with E-state index >= 15 is 0 Å². The van der Waals surface area contributed by atoms with Crippen molar-refractivity contribution in [1.29, 1.82) is 0 Å². The van der Waals surface area contributed by atoms with Crippen molar-refractivity contribution in [3.05, 3.63) is 29.8 Å². The number of likely N-dealkylation sites (tertiary alicyclic amines) is 1. The van der Waals surface area contributed by atoms with Gasteiger partial charge in [0, 0.05) is 18.8 Å². The molecule has 0 saturated carbocycles. The number of hydrogen-bond acceptors (Lipinski definition) is 2. The minimum atomic E-state index is -0.820. The molecular formula is C16H22N2O3. The van der Waals surface area contributed by atoms with Crippen LogP contribution < -0.4 is 5.32 Å². The van der Waals surface area contributed by atoms with Crippen molar-refractivity contribution in [3.63, 3.8) is 0 Å². The van der Waals surface area contributed by atoms with Crippen LogP contribution in [0.25, 0.3) is 0 Å². The Hall–Kier alpha value is -2.04. The van der Waals surface area contributed by atoms with E-state index in [1.807, 2.05) is 24.3 Å². The molecule has 2 N–H and O–H groups in total. The van der Waals surface area contributed by atoms with Crippen LogP contribution in [-0.2, 0) is 11.2 Å². The van der Waals surface area contributed by atoms with Crippen molar-refractivity contribution in [2.24, 2.45) is 5.92 Å². The Morgan fingerprint density at radius 2 is 2.14 bits per heavy atom. The molecule has 1 aliphatic rings. The van der Waals surface area contributed by atoms with Crippen molar-refractivity contribution in [2.75, 3.05) is 18.4 Å². The maximum absolute atomic E-state index is 12.3. The zero-order valence-corrected chi connectivity index (χ0v) is 12.3. The second kappa shape index (κ2) is 7.11. The number of benzene rings is 1. The number of nitrogens with one attached hydrogen (secondary N) is 1. The summed E-state index contributed by atoms with van der Waals surface area (Å²) < 4.78 is 0. The fourth-order valence-electron chi connectivity index (χ4n) is 2.69. The van der Waals surface area contributed by atoms with E-state index < -0.39 is 11.9 Å². The van der Waals surface area contributed by atoms with Crippen LogP contribution in [0.5, 0.6) is 0 Å². The Labute approximate surface area is 125 Å². The molecule has 1 aromatic rings. The highest BCUT2D eigenvalue weighted by molar-refractivity contribution is 5.90. The second-order valence-electron chi connectivity index (χ2n) is 5.46. The average Bonchev–Trinajstić information content (AvgIpc) is 2.49. The van der Waals surface area contributed by atoms with Gasteiger partial charge in [0.25, 0.3) is 0 Å². The molecule has 21 heavy (non-hydrogen) atoms. The lowest BCUT2D eigenvalue weighted by Gasteiger charge is -2.31. The molecule has 1 aliphatic heterocycles. The van der Waals surface area contributed by atoms with Gasteiger partial charge in [-0.1, -0.05) is 31.5 Å². The molecule has 2 amide bonds. The second-order valence-corrected chi connectivity index (χ2v) is 5.46. The van der Waals surface area contributed by atoms with Gasteiger partial charge in [-0.05, 0) is 30.9 Å². The summed E-state index contributed by atoms with van der Waals surface area (Å²) in [5.74, 6) is -1.27. The Kier molecular flexibility index (Phi) is 5.20. The van der Waals surface area contributed by atoms with Crippen LogP contribution in [0.4, 0.5) is 10.5 Å². The van der Waals surface area contributed by atoms with Crippen molar-refractivity contribution in [2.45, 2.75) is 32.6 Å². The first-order chi connectivity index (χ1) is 10.1. The van der Waals surface area contributed by atoms with E-state index in [2.05, 4.69) is 12.2 Å². The number of piperidine rings is 1. The minimum absolute atomic E-state index is 0.204. The number of rotatable bonds is 4. The van der Waals surface area contributed by atoms with Crippen LogP contribution in [0.15, 0.2) is 24.3 Å². The van der Waals surface area contributed by atoms with Gasteiger partial charge in [-0.2, -0.15) is 0 Å². The number of anilines is 1. The van der Waals surface area contributed by atoms with Crippen molar-refractivity contribution in [3.8, 4) is 0 Å². The topological polar surface area (TPSA) is 69.6 Å². The Morgan fingerprint density at radius 3 is 2.86 bits per heavy atom. The molecule has 1 aromatic carbocycles. The molecule has 1 fully saturated rings. The van der Waals surface area contributed by atoms with Gasteiger partial charge in [-0.15, -0.1) is 0 Å². The molecule has 1 unspecified atom stereocenters. The summed E-state index contributed by atoms with van der Waals surface area (Å²) in [6, 6.07) is 7.55. The molecule has 5 nitrogen and oxygen atoms in total. The molecule has 1 heterocycles. The van der Waals surface area contributed by atoms with E-state index in [0.29, 0.717) is 13.0 Å². The molecule has 1 saturated heterocycles. The average molecular weight is 290 g/mol. The summed E-state index contributed by atoms with van der Waals surface area (Å²) in [5, 5.41) is 12.0. The largest absolute Gasteiger partial charge is 0.481 e. The van der Waals surface area contributed by atoms with E-state index in [4.69, 9.17) is 5.11 Å². The van der Waals surface area contributed by atoms with Gasteiger partial charge in [0.2, 0.25) is 0 Å². The first-order valence-corrected chi connectivity index (χ1v) is 7.48. The summed E-state index contributed by atoms with van der Waals surface area (Å²) >= 11 is 0. The first-order valence-electron chi connectivity index (χ1n) is 7.48. The lowest BCUT2D eigenvalue weighted by atomic mass is 9.99. The maximum atomic E-state index is 12.3. The summed E-state index contributed by atoms with van der Waals surface area (Å²) in [4.78, 5) is 25.0. The van der Waals surface area contributed by atoms with E-state index in [9.17, 15) is 9.59 Å². The van der Waals surface area contributed by atoms with E-state index in [0.717, 1.165) is 30.5 Å². The zero-order chi connectivity index (χ0) is 15.2. The number of aliphatic carboxylic acids is 1. The summed E-state index contributed by atoms with van der Waals surface area (Å²) in [6.07, 6.45) is 3.30. The molecule has 0 aliphatic carbocycles. The predicted octanol–water partition coefficient (Wildman–Crippen LogP) is 2.97. The predicted molar refractivity (Wildman–Crippen MR) is 81.4 cm³/mol. The SMILES string of the molecule is CCCc1ccccc1NC(=O)N1CCCC(C(=O)O)C1. The standard InChI is InChI=1S/C16H22N2O3/c1-2-6-12-7-3-4-9-14(12)17-16(21)18-10-5-8-13(11-18)15(19)20/h3-4,7,9,13H,2,5-6,8,10-11H2,1H3,(H,17,21)(H,19,20). The van der Waals surface area contributed by atoms with Crippen LogP contribution in [0, 0.1) is 5.92 Å². The number of carbonyl (C=O) groups excluding carboxylic acids is 1. The molecule has 2 rings (SSSR count). The first kappa shape index (κ1) is 15.4. The monoisotopic (exact) mass is 290 g/mol. The van der Waals surface area contributed by atoms with Gasteiger partial charge in [0.05, 0.1) is 5.92 Å². The molecule has 0 spiro atoms. The van der Waals surface area contributed by atoms with Gasteiger partial charge in [0.1, 0.15) is 0 Å². The Balaban J connectivity index is 2.02. The van der Waals surface area contributed by atoms with E-state index in [-0.39, 0.29) is 12.6 Å². The van der Waals surface area contributed by atoms with Crippen molar-refractivity contribution >= 4 is 17.7 Å². The maximum Gasteiger partial charge on any atom is 0.321 e. The number of aryl methyl sites for hydroxylation is 1. The van der Waals surface area contributed by atoms with Crippen molar-refractivity contribution in [1.82, 2.24) is 4.90 Å². The van der Waals surface area contributed by atoms with Gasteiger partial charge < -0.3 is 15.3 Å². The van der Waals surface area contributed by atoms with Crippen LogP contribution in [-0.4, -0.2) is 35.1 Å². The highest BCUT2D eigenvalue weighted by atomic mass is 16.4. The van der Waals surface area contributed by atoms with E-state index in [1.165, 1.54) is 0 Å². The molecular weight excluding hydrogens is 268 g/mol. The third-order valence-corrected chi connectivity index (χ3v) is 3.84. The lowest BCUT2D eigenvalue weighted by Crippen LogP contribution is -2.44. The lowest BCUT2D eigenvalue weighted by molar-refractivity contribution is -0.143. The third-order valence-electron chi connectivity index (χ3n) is 3.84. The van der Waals surface area contributed by atoms with Gasteiger partial charge in [-0.25, -0.2) is 4.79 Å². The van der Waals surface area contributed by atoms with Crippen LogP contribution in [0.3, 0.4) is 0 Å². The summed E-state index contributed by atoms with van der Waals surface area (Å²) in [5.41, 5.74) is 1.93. The highest BCUT2D eigenvalue weighted by Crippen LogP contribution is 2.20. The summed E-state index contributed by atoms with van der Waals surface area (Å²) in [6.45, 7) is 3.00. The molecule has 1 atom stereocenters. The molecule has 0 bridgehead atoms. The number of nitrogens with zero attached hydrogens (tertiary/aromatic N) is 1.